The number of amides is 1. The lowest BCUT2D eigenvalue weighted by molar-refractivity contribution is -0.384. The zero-order valence-electron chi connectivity index (χ0n) is 13.2. The molecule has 1 saturated heterocycles. The Morgan fingerprint density at radius 3 is 2.27 bits per heavy atom. The summed E-state index contributed by atoms with van der Waals surface area (Å²) in [5.74, 6) is -2.02. The number of hydrogen-bond donors (Lipinski definition) is 1. The first kappa shape index (κ1) is 17.9. The van der Waals surface area contributed by atoms with E-state index in [9.17, 15) is 28.1 Å². The summed E-state index contributed by atoms with van der Waals surface area (Å²) in [6.07, 6.45) is -4.67. The fourth-order valence-corrected chi connectivity index (χ4v) is 2.54. The highest BCUT2D eigenvalue weighted by Crippen LogP contribution is 2.41. The highest BCUT2D eigenvalue weighted by molar-refractivity contribution is 5.94. The van der Waals surface area contributed by atoms with Crippen molar-refractivity contribution in [3.05, 3.63) is 69.8 Å². The largest absolute Gasteiger partial charge is 0.471 e. The van der Waals surface area contributed by atoms with Crippen molar-refractivity contribution in [2.24, 2.45) is 0 Å². The molecule has 2 atom stereocenters. The third kappa shape index (κ3) is 4.17. The molecule has 0 saturated carbocycles. The van der Waals surface area contributed by atoms with E-state index >= 15 is 0 Å². The van der Waals surface area contributed by atoms with Crippen LogP contribution in [0.2, 0.25) is 0 Å². The van der Waals surface area contributed by atoms with Crippen molar-refractivity contribution in [1.82, 2.24) is 0 Å². The number of rotatable bonds is 5. The molecular formula is C17H13F3N2O4. The topological polar surface area (TPSA) is 84.8 Å². The van der Waals surface area contributed by atoms with Gasteiger partial charge < -0.3 is 10.1 Å². The minimum atomic E-state index is -4.93. The average Bonchev–Trinajstić information content (AvgIpc) is 3.35. The van der Waals surface area contributed by atoms with Crippen molar-refractivity contribution < 1.29 is 27.6 Å². The van der Waals surface area contributed by atoms with Gasteiger partial charge in [-0.3, -0.25) is 14.9 Å². The number of anilines is 1. The van der Waals surface area contributed by atoms with Crippen LogP contribution in [0.15, 0.2) is 48.5 Å². The molecule has 1 amide bonds. The van der Waals surface area contributed by atoms with E-state index in [-0.39, 0.29) is 23.6 Å². The van der Waals surface area contributed by atoms with Crippen molar-refractivity contribution in [1.29, 1.82) is 0 Å². The molecule has 0 aliphatic carbocycles. The summed E-state index contributed by atoms with van der Waals surface area (Å²) in [6, 6.07) is 12.1. The number of carbonyl (C=O) groups is 1. The first-order valence-corrected chi connectivity index (χ1v) is 7.61. The highest BCUT2D eigenvalue weighted by atomic mass is 19.4. The van der Waals surface area contributed by atoms with E-state index in [1.54, 1.807) is 29.6 Å². The molecule has 1 heterocycles. The number of nitro groups is 1. The molecule has 1 aliphatic rings. The molecule has 2 aromatic rings. The van der Waals surface area contributed by atoms with E-state index in [1.807, 2.05) is 0 Å². The van der Waals surface area contributed by atoms with Gasteiger partial charge in [0.15, 0.2) is 0 Å². The summed E-state index contributed by atoms with van der Waals surface area (Å²) in [5, 5.41) is 12.4. The number of halogens is 3. The number of carbonyl (C=O) groups excluding carboxylic acids is 1. The monoisotopic (exact) mass is 366 g/mol. The maximum Gasteiger partial charge on any atom is 0.471 e. The number of hydrogen-bond acceptors (Lipinski definition) is 4. The van der Waals surface area contributed by atoms with Crippen LogP contribution >= 0.6 is 0 Å². The molecule has 9 heteroatoms. The highest BCUT2D eigenvalue weighted by Gasteiger charge is 2.40. The summed E-state index contributed by atoms with van der Waals surface area (Å²) in [5.41, 5.74) is 1.72. The predicted octanol–water partition coefficient (Wildman–Crippen LogP) is 3.78. The number of nitrogens with zero attached hydrogens (tertiary/aromatic N) is 1. The summed E-state index contributed by atoms with van der Waals surface area (Å²) < 4.78 is 42.2. The molecule has 26 heavy (non-hydrogen) atoms. The van der Waals surface area contributed by atoms with Crippen molar-refractivity contribution in [2.75, 3.05) is 5.32 Å². The van der Waals surface area contributed by atoms with Gasteiger partial charge in [0.25, 0.3) is 5.69 Å². The van der Waals surface area contributed by atoms with Gasteiger partial charge in [0.2, 0.25) is 0 Å². The third-order valence-corrected chi connectivity index (χ3v) is 3.92. The Balaban J connectivity index is 1.56. The first-order chi connectivity index (χ1) is 12.2. The van der Waals surface area contributed by atoms with Crippen LogP contribution in [0, 0.1) is 10.1 Å². The average molecular weight is 366 g/mol. The maximum atomic E-state index is 12.2. The summed E-state index contributed by atoms with van der Waals surface area (Å²) in [4.78, 5) is 21.0. The van der Waals surface area contributed by atoms with Gasteiger partial charge in [-0.1, -0.05) is 12.1 Å². The Hall–Kier alpha value is -2.94. The number of nitro benzene ring substituents is 1. The van der Waals surface area contributed by atoms with E-state index in [1.165, 1.54) is 24.3 Å². The smallest absolute Gasteiger partial charge is 0.364 e. The SMILES string of the molecule is O=C(Nc1ccc(CC2OC2c2ccc([N+](=O)[O-])cc2)cc1)C(F)(F)F. The van der Waals surface area contributed by atoms with Gasteiger partial charge in [0.05, 0.1) is 11.0 Å². The van der Waals surface area contributed by atoms with Gasteiger partial charge in [-0.25, -0.2) is 0 Å². The lowest BCUT2D eigenvalue weighted by atomic mass is 10.0. The maximum absolute atomic E-state index is 12.2. The van der Waals surface area contributed by atoms with Gasteiger partial charge >= 0.3 is 12.1 Å². The van der Waals surface area contributed by atoms with Gasteiger partial charge in [0.1, 0.15) is 6.10 Å². The molecule has 2 unspecified atom stereocenters. The normalized spacial score (nSPS) is 19.0. The molecule has 0 bridgehead atoms. The first-order valence-electron chi connectivity index (χ1n) is 7.61. The van der Waals surface area contributed by atoms with E-state index in [0.717, 1.165) is 11.1 Å². The molecule has 0 spiro atoms. The quantitative estimate of drug-likeness (QED) is 0.496. The molecule has 0 aromatic heterocycles. The summed E-state index contributed by atoms with van der Waals surface area (Å²) in [6.45, 7) is 0. The van der Waals surface area contributed by atoms with Gasteiger partial charge in [0, 0.05) is 24.2 Å². The lowest BCUT2D eigenvalue weighted by Crippen LogP contribution is -2.29. The number of non-ortho nitro benzene ring substituents is 1. The number of alkyl halides is 3. The van der Waals surface area contributed by atoms with Crippen LogP contribution in [0.5, 0.6) is 0 Å². The van der Waals surface area contributed by atoms with Crippen LogP contribution < -0.4 is 5.32 Å². The third-order valence-electron chi connectivity index (χ3n) is 3.92. The van der Waals surface area contributed by atoms with Gasteiger partial charge in [-0.05, 0) is 35.4 Å². The standard InChI is InChI=1S/C17H13F3N2O4/c18-17(19,20)16(23)21-12-5-1-10(2-6-12)9-14-15(26-14)11-3-7-13(8-4-11)22(24)25/h1-8,14-15H,9H2,(H,21,23). The minimum Gasteiger partial charge on any atom is -0.364 e. The van der Waals surface area contributed by atoms with E-state index in [4.69, 9.17) is 4.74 Å². The zero-order chi connectivity index (χ0) is 18.9. The Kier molecular flexibility index (Phi) is 4.64. The van der Waals surface area contributed by atoms with E-state index in [2.05, 4.69) is 0 Å². The molecule has 1 N–H and O–H groups in total. The van der Waals surface area contributed by atoms with Crippen LogP contribution in [0.25, 0.3) is 0 Å². The Morgan fingerprint density at radius 1 is 1.12 bits per heavy atom. The molecule has 1 fully saturated rings. The minimum absolute atomic E-state index is 0.00226. The molecule has 1 aliphatic heterocycles. The molecule has 0 radical (unpaired) electrons. The Bertz CT molecular complexity index is 819. The number of epoxide rings is 1. The van der Waals surface area contributed by atoms with Crippen molar-refractivity contribution in [3.63, 3.8) is 0 Å². The van der Waals surface area contributed by atoms with Gasteiger partial charge in [-0.2, -0.15) is 13.2 Å². The number of ether oxygens (including phenoxy) is 1. The van der Waals surface area contributed by atoms with Gasteiger partial charge in [-0.15, -0.1) is 0 Å². The predicted molar refractivity (Wildman–Crippen MR) is 85.5 cm³/mol. The van der Waals surface area contributed by atoms with Crippen LogP contribution in [0.1, 0.15) is 17.2 Å². The van der Waals surface area contributed by atoms with E-state index < -0.39 is 17.0 Å². The number of nitrogens with one attached hydrogen (secondary N) is 1. The second-order valence-corrected chi connectivity index (χ2v) is 5.80. The van der Waals surface area contributed by atoms with Crippen molar-refractivity contribution in [3.8, 4) is 0 Å². The van der Waals surface area contributed by atoms with Crippen LogP contribution in [0.4, 0.5) is 24.5 Å². The van der Waals surface area contributed by atoms with Crippen molar-refractivity contribution in [2.45, 2.75) is 24.8 Å². The van der Waals surface area contributed by atoms with Crippen LogP contribution in [-0.2, 0) is 16.0 Å². The van der Waals surface area contributed by atoms with Crippen molar-refractivity contribution >= 4 is 17.3 Å². The molecule has 2 aromatic carbocycles. The second-order valence-electron chi connectivity index (χ2n) is 5.80. The van der Waals surface area contributed by atoms with E-state index in [0.29, 0.717) is 6.42 Å². The molecular weight excluding hydrogens is 353 g/mol. The molecule has 6 nitrogen and oxygen atoms in total. The lowest BCUT2D eigenvalue weighted by Gasteiger charge is -2.08. The second kappa shape index (κ2) is 6.75. The summed E-state index contributed by atoms with van der Waals surface area (Å²) >= 11 is 0. The van der Waals surface area contributed by atoms with Crippen LogP contribution in [0.3, 0.4) is 0 Å². The summed E-state index contributed by atoms with van der Waals surface area (Å²) in [7, 11) is 0. The zero-order valence-corrected chi connectivity index (χ0v) is 13.2. The number of benzene rings is 2. The molecule has 136 valence electrons. The fourth-order valence-electron chi connectivity index (χ4n) is 2.54. The van der Waals surface area contributed by atoms with Crippen LogP contribution in [-0.4, -0.2) is 23.1 Å². The Labute approximate surface area is 145 Å². The molecule has 3 rings (SSSR count). The Morgan fingerprint density at radius 2 is 1.73 bits per heavy atom. The fraction of sp³-hybridized carbons (Fsp3) is 0.235.